The van der Waals surface area contributed by atoms with E-state index < -0.39 is 15.9 Å². The monoisotopic (exact) mass is 408 g/mol. The van der Waals surface area contributed by atoms with E-state index >= 15 is 0 Å². The van der Waals surface area contributed by atoms with Crippen LogP contribution < -0.4 is 21.3 Å². The molecule has 4 N–H and O–H groups in total. The summed E-state index contributed by atoms with van der Waals surface area (Å²) in [6.07, 6.45) is -0.0193. The molecule has 0 aromatic heterocycles. The standard InChI is InChI=1S/C14H15Cl3N4O2S/c1-3-11(23)20-12(14(15,16)17)21-13(24)19-10-6-4-9(5-7-10)18-8(2)22/h3-7,12H,1H2,2H3,(H,18,22)(H,20,23)(H2,19,21,24). The van der Waals surface area contributed by atoms with Crippen LogP contribution in [0, 0.1) is 0 Å². The van der Waals surface area contributed by atoms with E-state index in [0.29, 0.717) is 11.4 Å². The van der Waals surface area contributed by atoms with E-state index in [1.165, 1.54) is 6.92 Å². The zero-order chi connectivity index (χ0) is 18.3. The fraction of sp³-hybridized carbons (Fsp3) is 0.214. The Balaban J connectivity index is 2.70. The van der Waals surface area contributed by atoms with Crippen molar-refractivity contribution in [2.45, 2.75) is 16.9 Å². The van der Waals surface area contributed by atoms with Gasteiger partial charge in [0, 0.05) is 18.3 Å². The maximum Gasteiger partial charge on any atom is 0.245 e. The molecule has 24 heavy (non-hydrogen) atoms. The molecule has 2 amide bonds. The van der Waals surface area contributed by atoms with E-state index in [-0.39, 0.29) is 11.0 Å². The first-order chi connectivity index (χ1) is 11.1. The van der Waals surface area contributed by atoms with Gasteiger partial charge in [-0.1, -0.05) is 41.4 Å². The van der Waals surface area contributed by atoms with Crippen LogP contribution in [0.2, 0.25) is 0 Å². The molecule has 1 aromatic carbocycles. The van der Waals surface area contributed by atoms with Gasteiger partial charge in [-0.05, 0) is 42.6 Å². The van der Waals surface area contributed by atoms with Crippen LogP contribution >= 0.6 is 47.0 Å². The number of halogens is 3. The number of benzene rings is 1. The van der Waals surface area contributed by atoms with Crippen LogP contribution in [0.3, 0.4) is 0 Å². The van der Waals surface area contributed by atoms with Gasteiger partial charge in [0.25, 0.3) is 0 Å². The molecule has 0 saturated carbocycles. The Bertz CT molecular complexity index is 632. The number of thiocarbonyl (C=S) groups is 1. The topological polar surface area (TPSA) is 82.3 Å². The summed E-state index contributed by atoms with van der Waals surface area (Å²) < 4.78 is -1.83. The fourth-order valence-electron chi connectivity index (χ4n) is 1.54. The number of alkyl halides is 3. The summed E-state index contributed by atoms with van der Waals surface area (Å²) in [5, 5.41) is 10.7. The lowest BCUT2D eigenvalue weighted by Crippen LogP contribution is -2.55. The molecule has 0 spiro atoms. The molecule has 0 aliphatic carbocycles. The molecule has 0 aliphatic heterocycles. The van der Waals surface area contributed by atoms with Crippen molar-refractivity contribution in [3.8, 4) is 0 Å². The number of nitrogens with one attached hydrogen (secondary N) is 4. The third-order valence-electron chi connectivity index (χ3n) is 2.54. The van der Waals surface area contributed by atoms with Crippen molar-refractivity contribution in [2.75, 3.05) is 10.6 Å². The summed E-state index contributed by atoms with van der Waals surface area (Å²) in [5.74, 6) is -0.697. The maximum absolute atomic E-state index is 11.4. The van der Waals surface area contributed by atoms with Gasteiger partial charge in [-0.2, -0.15) is 0 Å². The maximum atomic E-state index is 11.4. The van der Waals surface area contributed by atoms with Gasteiger partial charge in [0.15, 0.2) is 5.11 Å². The summed E-state index contributed by atoms with van der Waals surface area (Å²) >= 11 is 22.6. The lowest BCUT2D eigenvalue weighted by Gasteiger charge is -2.27. The molecule has 6 nitrogen and oxygen atoms in total. The number of hydrogen-bond acceptors (Lipinski definition) is 3. The van der Waals surface area contributed by atoms with E-state index in [2.05, 4.69) is 27.8 Å². The number of rotatable bonds is 5. The second-order valence-electron chi connectivity index (χ2n) is 4.54. The summed E-state index contributed by atoms with van der Waals surface area (Å²) in [4.78, 5) is 22.4. The third-order valence-corrected chi connectivity index (χ3v) is 3.41. The minimum Gasteiger partial charge on any atom is -0.339 e. The van der Waals surface area contributed by atoms with Gasteiger partial charge in [-0.25, -0.2) is 0 Å². The Hall–Kier alpha value is -1.54. The SMILES string of the molecule is C=CC(=O)NC(NC(=S)Nc1ccc(NC(C)=O)cc1)C(Cl)(Cl)Cl. The molecule has 1 unspecified atom stereocenters. The van der Waals surface area contributed by atoms with Gasteiger partial charge in [0.05, 0.1) is 0 Å². The number of carbonyl (C=O) groups is 2. The van der Waals surface area contributed by atoms with Crippen LogP contribution in [-0.4, -0.2) is 26.9 Å². The van der Waals surface area contributed by atoms with Crippen molar-refractivity contribution in [2.24, 2.45) is 0 Å². The molecular formula is C14H15Cl3N4O2S. The highest BCUT2D eigenvalue weighted by Crippen LogP contribution is 2.29. The van der Waals surface area contributed by atoms with Crippen molar-refractivity contribution >= 4 is 75.3 Å². The fourth-order valence-corrected chi connectivity index (χ4v) is 2.10. The minimum atomic E-state index is -1.83. The molecule has 1 aromatic rings. The zero-order valence-corrected chi connectivity index (χ0v) is 15.6. The van der Waals surface area contributed by atoms with Gasteiger partial charge in [0.1, 0.15) is 6.17 Å². The van der Waals surface area contributed by atoms with Crippen LogP contribution in [0.15, 0.2) is 36.9 Å². The highest BCUT2D eigenvalue weighted by molar-refractivity contribution is 7.80. The summed E-state index contributed by atoms with van der Waals surface area (Å²) in [7, 11) is 0. The van der Waals surface area contributed by atoms with Crippen LogP contribution in [0.4, 0.5) is 11.4 Å². The lowest BCUT2D eigenvalue weighted by molar-refractivity contribution is -0.117. The molecule has 10 heteroatoms. The molecule has 0 aliphatic rings. The Morgan fingerprint density at radius 2 is 1.62 bits per heavy atom. The predicted octanol–water partition coefficient (Wildman–Crippen LogP) is 2.93. The molecule has 0 bridgehead atoms. The average Bonchev–Trinajstić information content (AvgIpc) is 2.47. The van der Waals surface area contributed by atoms with Crippen LogP contribution in [0.1, 0.15) is 6.92 Å². The molecule has 0 fully saturated rings. The molecule has 1 rings (SSSR count). The first-order valence-electron chi connectivity index (χ1n) is 6.56. The summed E-state index contributed by atoms with van der Waals surface area (Å²) in [6, 6.07) is 6.79. The van der Waals surface area contributed by atoms with Crippen molar-refractivity contribution < 1.29 is 9.59 Å². The highest BCUT2D eigenvalue weighted by Gasteiger charge is 2.34. The van der Waals surface area contributed by atoms with Gasteiger partial charge < -0.3 is 21.3 Å². The van der Waals surface area contributed by atoms with E-state index in [9.17, 15) is 9.59 Å². The molecular weight excluding hydrogens is 395 g/mol. The zero-order valence-electron chi connectivity index (χ0n) is 12.5. The largest absolute Gasteiger partial charge is 0.339 e. The van der Waals surface area contributed by atoms with E-state index in [4.69, 9.17) is 47.0 Å². The van der Waals surface area contributed by atoms with Crippen LogP contribution in [0.5, 0.6) is 0 Å². The predicted molar refractivity (Wildman–Crippen MR) is 103 cm³/mol. The Morgan fingerprint density at radius 3 is 2.04 bits per heavy atom. The van der Waals surface area contributed by atoms with Crippen molar-refractivity contribution in [3.05, 3.63) is 36.9 Å². The Morgan fingerprint density at radius 1 is 1.12 bits per heavy atom. The van der Waals surface area contributed by atoms with Gasteiger partial charge in [0.2, 0.25) is 15.6 Å². The number of anilines is 2. The quantitative estimate of drug-likeness (QED) is 0.260. The number of carbonyl (C=O) groups excluding carboxylic acids is 2. The summed E-state index contributed by atoms with van der Waals surface area (Å²) in [6.45, 7) is 4.74. The van der Waals surface area contributed by atoms with E-state index in [0.717, 1.165) is 6.08 Å². The first kappa shape index (κ1) is 20.5. The number of amides is 2. The first-order valence-corrected chi connectivity index (χ1v) is 8.11. The van der Waals surface area contributed by atoms with E-state index in [1.807, 2.05) is 0 Å². The van der Waals surface area contributed by atoms with Crippen molar-refractivity contribution in [1.82, 2.24) is 10.6 Å². The highest BCUT2D eigenvalue weighted by atomic mass is 35.6. The Labute approximate surface area is 159 Å². The lowest BCUT2D eigenvalue weighted by atomic mass is 10.3. The van der Waals surface area contributed by atoms with E-state index in [1.54, 1.807) is 24.3 Å². The molecule has 0 heterocycles. The molecule has 1 atom stereocenters. The van der Waals surface area contributed by atoms with Gasteiger partial charge in [-0.15, -0.1) is 0 Å². The normalized spacial score (nSPS) is 11.8. The van der Waals surface area contributed by atoms with Crippen LogP contribution in [-0.2, 0) is 9.59 Å². The number of hydrogen-bond donors (Lipinski definition) is 4. The third kappa shape index (κ3) is 7.35. The second kappa shape index (κ2) is 9.08. The van der Waals surface area contributed by atoms with Crippen LogP contribution in [0.25, 0.3) is 0 Å². The molecule has 130 valence electrons. The average molecular weight is 410 g/mol. The molecule has 0 radical (unpaired) electrons. The molecule has 0 saturated heterocycles. The summed E-state index contributed by atoms with van der Waals surface area (Å²) in [5.41, 5.74) is 1.28. The minimum absolute atomic E-state index is 0.128. The van der Waals surface area contributed by atoms with Crippen molar-refractivity contribution in [1.29, 1.82) is 0 Å². The second-order valence-corrected chi connectivity index (χ2v) is 7.32. The van der Waals surface area contributed by atoms with Gasteiger partial charge >= 0.3 is 0 Å². The smallest absolute Gasteiger partial charge is 0.245 e. The van der Waals surface area contributed by atoms with Crippen molar-refractivity contribution in [3.63, 3.8) is 0 Å². The van der Waals surface area contributed by atoms with Gasteiger partial charge in [-0.3, -0.25) is 9.59 Å². The Kier molecular flexibility index (Phi) is 7.75.